The van der Waals surface area contributed by atoms with E-state index >= 15 is 0 Å². The minimum atomic E-state index is -0.302. The second kappa shape index (κ2) is 8.10. The Morgan fingerprint density at radius 1 is 1.21 bits per heavy atom. The molecule has 3 heterocycles. The number of carbonyl (C=O) groups excluding carboxylic acids is 1. The summed E-state index contributed by atoms with van der Waals surface area (Å²) in [7, 11) is 0. The lowest BCUT2D eigenvalue weighted by atomic mass is 10.1. The van der Waals surface area contributed by atoms with Gasteiger partial charge in [0.2, 0.25) is 5.91 Å². The summed E-state index contributed by atoms with van der Waals surface area (Å²) < 4.78 is 16.2. The summed E-state index contributed by atoms with van der Waals surface area (Å²) in [6.45, 7) is 0.848. The van der Waals surface area contributed by atoms with Crippen LogP contribution in [0.4, 0.5) is 4.39 Å². The number of rotatable bonds is 5. The Morgan fingerprint density at radius 3 is 2.79 bits per heavy atom. The molecule has 6 nitrogen and oxygen atoms in total. The Hall–Kier alpha value is -2.74. The molecular weight excluding hydrogens is 379 g/mol. The first kappa shape index (κ1) is 18.6. The molecule has 3 aromatic rings. The van der Waals surface area contributed by atoms with E-state index in [1.165, 1.54) is 16.8 Å². The zero-order chi connectivity index (χ0) is 19.5. The van der Waals surface area contributed by atoms with Gasteiger partial charge in [-0.05, 0) is 52.9 Å². The molecule has 0 saturated carbocycles. The van der Waals surface area contributed by atoms with Crippen LogP contribution in [0, 0.1) is 5.82 Å². The Bertz CT molecular complexity index is 1010. The number of nitrogens with zero attached hydrogens (tertiary/aromatic N) is 3. The first-order chi connectivity index (χ1) is 13.6. The van der Waals surface area contributed by atoms with E-state index in [0.29, 0.717) is 32.4 Å². The highest BCUT2D eigenvalue weighted by Gasteiger charge is 2.22. The molecule has 0 fully saturated rings. The van der Waals surface area contributed by atoms with E-state index in [0.717, 1.165) is 23.4 Å². The number of aromatic nitrogens is 3. The predicted molar refractivity (Wildman–Crippen MR) is 105 cm³/mol. The van der Waals surface area contributed by atoms with E-state index < -0.39 is 0 Å². The van der Waals surface area contributed by atoms with Crippen LogP contribution in [0.2, 0.25) is 0 Å². The van der Waals surface area contributed by atoms with Crippen LogP contribution in [0.1, 0.15) is 29.8 Å². The molecule has 1 N–H and O–H groups in total. The molecule has 0 bridgehead atoms. The van der Waals surface area contributed by atoms with Crippen molar-refractivity contribution in [2.24, 2.45) is 0 Å². The number of amides is 1. The average molecular weight is 400 g/mol. The number of carbonyl (C=O) groups is 1. The van der Waals surface area contributed by atoms with Crippen molar-refractivity contribution in [1.29, 1.82) is 0 Å². The van der Waals surface area contributed by atoms with E-state index in [1.807, 2.05) is 16.8 Å². The van der Waals surface area contributed by atoms with Crippen molar-refractivity contribution >= 4 is 17.2 Å². The second-order valence-corrected chi connectivity index (χ2v) is 7.81. The normalized spacial score (nSPS) is 16.4. The Kier molecular flexibility index (Phi) is 5.38. The quantitative estimate of drug-likeness (QED) is 0.715. The van der Waals surface area contributed by atoms with Crippen LogP contribution in [0.5, 0.6) is 0 Å². The van der Waals surface area contributed by atoms with Crippen LogP contribution < -0.4 is 11.0 Å². The van der Waals surface area contributed by atoms with E-state index in [1.54, 1.807) is 28.0 Å². The third-order valence-corrected chi connectivity index (χ3v) is 5.70. The highest BCUT2D eigenvalue weighted by atomic mass is 32.1. The zero-order valence-electron chi connectivity index (χ0n) is 15.3. The Balaban J connectivity index is 1.39. The molecule has 1 atom stereocenters. The number of benzene rings is 1. The molecule has 2 aromatic heterocycles. The van der Waals surface area contributed by atoms with Gasteiger partial charge in [0.15, 0.2) is 0 Å². The molecule has 0 spiro atoms. The largest absolute Gasteiger partial charge is 0.353 e. The zero-order valence-corrected chi connectivity index (χ0v) is 16.1. The molecule has 4 rings (SSSR count). The van der Waals surface area contributed by atoms with E-state index in [9.17, 15) is 14.0 Å². The highest BCUT2D eigenvalue weighted by Crippen LogP contribution is 2.13. The Morgan fingerprint density at radius 2 is 2.04 bits per heavy atom. The van der Waals surface area contributed by atoms with E-state index in [-0.39, 0.29) is 23.5 Å². The summed E-state index contributed by atoms with van der Waals surface area (Å²) >= 11 is 1.58. The second-order valence-electron chi connectivity index (χ2n) is 7.03. The topological polar surface area (TPSA) is 68.9 Å². The minimum Gasteiger partial charge on any atom is -0.353 e. The smallest absolute Gasteiger partial charge is 0.346 e. The lowest BCUT2D eigenvalue weighted by Crippen LogP contribution is -2.36. The molecule has 1 aliphatic rings. The molecule has 1 amide bonds. The predicted octanol–water partition coefficient (Wildman–Crippen LogP) is 2.36. The Labute approximate surface area is 165 Å². The van der Waals surface area contributed by atoms with Crippen molar-refractivity contribution in [2.75, 3.05) is 0 Å². The fourth-order valence-corrected chi connectivity index (χ4v) is 4.16. The maximum atomic E-state index is 13.1. The number of aryl methyl sites for hydroxylation is 1. The van der Waals surface area contributed by atoms with Gasteiger partial charge in [0.25, 0.3) is 0 Å². The summed E-state index contributed by atoms with van der Waals surface area (Å²) in [5.74, 6) is 0.446. The van der Waals surface area contributed by atoms with Crippen molar-refractivity contribution in [3.05, 3.63) is 74.3 Å². The van der Waals surface area contributed by atoms with Crippen molar-refractivity contribution in [2.45, 2.75) is 44.8 Å². The fraction of sp³-hybridized carbons (Fsp3) is 0.350. The fourth-order valence-electron chi connectivity index (χ4n) is 3.50. The standard InChI is InChI=1S/C20H21FN4O2S/c21-16-3-1-14(2-4-16)12-25-20(27)24-9-7-17(5-6-18(24)23-25)22-19(26)11-15-8-10-28-13-15/h1-4,8,10,13,17H,5-7,9,11-12H2,(H,22,26). The molecule has 1 aromatic carbocycles. The van der Waals surface area contributed by atoms with Gasteiger partial charge < -0.3 is 5.32 Å². The maximum absolute atomic E-state index is 13.1. The number of hydrogen-bond donors (Lipinski definition) is 1. The van der Waals surface area contributed by atoms with Crippen molar-refractivity contribution < 1.29 is 9.18 Å². The van der Waals surface area contributed by atoms with Crippen LogP contribution in [0.25, 0.3) is 0 Å². The molecule has 1 unspecified atom stereocenters. The van der Waals surface area contributed by atoms with Crippen molar-refractivity contribution in [3.63, 3.8) is 0 Å². The van der Waals surface area contributed by atoms with Gasteiger partial charge in [0, 0.05) is 19.0 Å². The molecule has 146 valence electrons. The van der Waals surface area contributed by atoms with Crippen molar-refractivity contribution in [1.82, 2.24) is 19.7 Å². The van der Waals surface area contributed by atoms with Gasteiger partial charge in [-0.25, -0.2) is 13.9 Å². The number of halogens is 1. The third kappa shape index (κ3) is 4.22. The van der Waals surface area contributed by atoms with Crippen LogP contribution in [-0.2, 0) is 30.7 Å². The first-order valence-electron chi connectivity index (χ1n) is 9.30. The summed E-state index contributed by atoms with van der Waals surface area (Å²) in [5, 5.41) is 11.5. The number of hydrogen-bond acceptors (Lipinski definition) is 4. The molecule has 0 aliphatic carbocycles. The van der Waals surface area contributed by atoms with Crippen LogP contribution in [0.15, 0.2) is 45.9 Å². The van der Waals surface area contributed by atoms with E-state index in [2.05, 4.69) is 10.4 Å². The molecule has 28 heavy (non-hydrogen) atoms. The van der Waals surface area contributed by atoms with Gasteiger partial charge in [0.05, 0.1) is 13.0 Å². The van der Waals surface area contributed by atoms with Gasteiger partial charge >= 0.3 is 5.69 Å². The lowest BCUT2D eigenvalue weighted by Gasteiger charge is -2.15. The molecule has 0 radical (unpaired) electrons. The van der Waals surface area contributed by atoms with Gasteiger partial charge in [-0.1, -0.05) is 12.1 Å². The van der Waals surface area contributed by atoms with Crippen molar-refractivity contribution in [3.8, 4) is 0 Å². The average Bonchev–Trinajstić information content (AvgIpc) is 3.22. The van der Waals surface area contributed by atoms with Gasteiger partial charge in [0.1, 0.15) is 11.6 Å². The number of fused-ring (bicyclic) bond motifs is 1. The maximum Gasteiger partial charge on any atom is 0.346 e. The SMILES string of the molecule is O=C(Cc1ccsc1)NC1CCc2nn(Cc3ccc(F)cc3)c(=O)n2CC1. The van der Waals surface area contributed by atoms with Gasteiger partial charge in [-0.3, -0.25) is 9.36 Å². The van der Waals surface area contributed by atoms with Gasteiger partial charge in [-0.2, -0.15) is 16.4 Å². The summed E-state index contributed by atoms with van der Waals surface area (Å²) in [6.07, 6.45) is 2.47. The summed E-state index contributed by atoms with van der Waals surface area (Å²) in [6, 6.07) is 8.07. The molecular formula is C20H21FN4O2S. The van der Waals surface area contributed by atoms with Crippen LogP contribution in [-0.4, -0.2) is 26.3 Å². The minimum absolute atomic E-state index is 0.0108. The number of thiophene rings is 1. The third-order valence-electron chi connectivity index (χ3n) is 4.97. The van der Waals surface area contributed by atoms with E-state index in [4.69, 9.17) is 0 Å². The van der Waals surface area contributed by atoms with Crippen LogP contribution in [0.3, 0.4) is 0 Å². The number of nitrogens with one attached hydrogen (secondary N) is 1. The highest BCUT2D eigenvalue weighted by molar-refractivity contribution is 7.08. The summed E-state index contributed by atoms with van der Waals surface area (Å²) in [4.78, 5) is 24.9. The van der Waals surface area contributed by atoms with Crippen LogP contribution >= 0.6 is 11.3 Å². The molecule has 1 aliphatic heterocycles. The first-order valence-corrected chi connectivity index (χ1v) is 10.2. The lowest BCUT2D eigenvalue weighted by molar-refractivity contribution is -0.121. The summed E-state index contributed by atoms with van der Waals surface area (Å²) in [5.41, 5.74) is 1.69. The molecule has 8 heteroatoms. The van der Waals surface area contributed by atoms with Gasteiger partial charge in [-0.15, -0.1) is 0 Å². The molecule has 0 saturated heterocycles. The monoisotopic (exact) mass is 400 g/mol.